The minimum Gasteiger partial charge on any atom is -0.366 e. The van der Waals surface area contributed by atoms with Crippen molar-refractivity contribution >= 4 is 11.6 Å². The van der Waals surface area contributed by atoms with Gasteiger partial charge in [-0.2, -0.15) is 13.2 Å². The van der Waals surface area contributed by atoms with Crippen LogP contribution in [0.1, 0.15) is 13.3 Å². The van der Waals surface area contributed by atoms with E-state index in [0.717, 1.165) is 0 Å². The molecule has 0 saturated carbocycles. The molecule has 0 aromatic carbocycles. The minimum absolute atomic E-state index is 0.118. The fourth-order valence-electron chi connectivity index (χ4n) is 0.569. The Balaban J connectivity index is 4.93. The molecule has 1 amide bonds. The van der Waals surface area contributed by atoms with E-state index in [1.807, 2.05) is 0 Å². The summed E-state index contributed by atoms with van der Waals surface area (Å²) in [5.74, 6) is -1.56. The van der Waals surface area contributed by atoms with Gasteiger partial charge in [0.2, 0.25) is 0 Å². The SMILES string of the molecule is CCC(=N)/C=C(\C(N)=O)C(F)(F)F. The normalized spacial score (nSPS) is 12.8. The molecule has 0 fully saturated rings. The lowest BCUT2D eigenvalue weighted by Gasteiger charge is -2.07. The lowest BCUT2D eigenvalue weighted by atomic mass is 10.1. The van der Waals surface area contributed by atoms with E-state index in [1.165, 1.54) is 6.92 Å². The number of halogens is 3. The fraction of sp³-hybridized carbons (Fsp3) is 0.429. The molecular weight excluding hydrogens is 185 g/mol. The monoisotopic (exact) mass is 194 g/mol. The van der Waals surface area contributed by atoms with Crippen LogP contribution in [0.2, 0.25) is 0 Å². The summed E-state index contributed by atoms with van der Waals surface area (Å²) in [4.78, 5) is 10.3. The van der Waals surface area contributed by atoms with Gasteiger partial charge in [-0.1, -0.05) is 6.92 Å². The first kappa shape index (κ1) is 11.7. The van der Waals surface area contributed by atoms with Gasteiger partial charge in [0.25, 0.3) is 5.91 Å². The number of primary amides is 1. The Morgan fingerprint density at radius 1 is 1.54 bits per heavy atom. The molecule has 0 atom stereocenters. The molecule has 3 nitrogen and oxygen atoms in total. The van der Waals surface area contributed by atoms with E-state index in [9.17, 15) is 18.0 Å². The van der Waals surface area contributed by atoms with Gasteiger partial charge in [0, 0.05) is 5.71 Å². The van der Waals surface area contributed by atoms with Crippen molar-refractivity contribution in [1.82, 2.24) is 0 Å². The highest BCUT2D eigenvalue weighted by Gasteiger charge is 2.37. The third kappa shape index (κ3) is 3.73. The zero-order valence-electron chi connectivity index (χ0n) is 6.90. The number of nitrogens with one attached hydrogen (secondary N) is 1. The average Bonchev–Trinajstić information content (AvgIpc) is 1.96. The topological polar surface area (TPSA) is 66.9 Å². The molecular formula is C7H9F3N2O. The standard InChI is InChI=1S/C7H9F3N2O/c1-2-4(11)3-5(6(12)13)7(8,9)10/h3,11H,2H2,1H3,(H2,12,13)/b5-3+,11-4?. The van der Waals surface area contributed by atoms with Gasteiger partial charge in [-0.15, -0.1) is 0 Å². The summed E-state index contributed by atoms with van der Waals surface area (Å²) in [5, 5.41) is 6.96. The molecule has 0 spiro atoms. The van der Waals surface area contributed by atoms with Crippen molar-refractivity contribution in [2.45, 2.75) is 19.5 Å². The molecule has 0 heterocycles. The first-order chi connectivity index (χ1) is 5.79. The summed E-state index contributed by atoms with van der Waals surface area (Å²) in [6.45, 7) is 1.51. The van der Waals surface area contributed by atoms with Crippen LogP contribution >= 0.6 is 0 Å². The summed E-state index contributed by atoms with van der Waals surface area (Å²) in [6, 6.07) is 0. The lowest BCUT2D eigenvalue weighted by molar-refractivity contribution is -0.127. The maximum absolute atomic E-state index is 12.0. The summed E-state index contributed by atoms with van der Waals surface area (Å²) in [7, 11) is 0. The van der Waals surface area contributed by atoms with E-state index < -0.39 is 17.7 Å². The fourth-order valence-corrected chi connectivity index (χ4v) is 0.569. The van der Waals surface area contributed by atoms with Crippen LogP contribution in [0.25, 0.3) is 0 Å². The average molecular weight is 194 g/mol. The molecule has 0 unspecified atom stereocenters. The van der Waals surface area contributed by atoms with E-state index in [4.69, 9.17) is 5.41 Å². The Morgan fingerprint density at radius 3 is 2.23 bits per heavy atom. The number of allylic oxidation sites excluding steroid dienone is 1. The van der Waals surface area contributed by atoms with Crippen LogP contribution in [0.15, 0.2) is 11.6 Å². The van der Waals surface area contributed by atoms with E-state index >= 15 is 0 Å². The van der Waals surface area contributed by atoms with Gasteiger partial charge >= 0.3 is 6.18 Å². The summed E-state index contributed by atoms with van der Waals surface area (Å²) >= 11 is 0. The van der Waals surface area contributed by atoms with Crippen molar-refractivity contribution in [3.63, 3.8) is 0 Å². The van der Waals surface area contributed by atoms with Gasteiger partial charge < -0.3 is 11.1 Å². The van der Waals surface area contributed by atoms with Crippen molar-refractivity contribution < 1.29 is 18.0 Å². The maximum atomic E-state index is 12.0. The zero-order valence-corrected chi connectivity index (χ0v) is 6.90. The number of carbonyl (C=O) groups excluding carboxylic acids is 1. The van der Waals surface area contributed by atoms with Crippen LogP contribution in [0.5, 0.6) is 0 Å². The Morgan fingerprint density at radius 2 is 2.00 bits per heavy atom. The molecule has 0 saturated heterocycles. The molecule has 13 heavy (non-hydrogen) atoms. The van der Waals surface area contributed by atoms with Gasteiger partial charge in [-0.25, -0.2) is 0 Å². The smallest absolute Gasteiger partial charge is 0.366 e. The van der Waals surface area contributed by atoms with Gasteiger partial charge in [0.15, 0.2) is 0 Å². The number of carbonyl (C=O) groups is 1. The van der Waals surface area contributed by atoms with Crippen LogP contribution in [-0.2, 0) is 4.79 Å². The highest BCUT2D eigenvalue weighted by molar-refractivity contribution is 6.02. The second kappa shape index (κ2) is 4.06. The van der Waals surface area contributed by atoms with Crippen LogP contribution in [0.4, 0.5) is 13.2 Å². The van der Waals surface area contributed by atoms with Crippen molar-refractivity contribution in [3.8, 4) is 0 Å². The number of hydrogen-bond acceptors (Lipinski definition) is 2. The third-order valence-corrected chi connectivity index (χ3v) is 1.27. The quantitative estimate of drug-likeness (QED) is 0.517. The first-order valence-corrected chi connectivity index (χ1v) is 3.45. The number of amides is 1. The molecule has 0 aliphatic carbocycles. The molecule has 74 valence electrons. The minimum atomic E-state index is -4.78. The van der Waals surface area contributed by atoms with E-state index in [1.54, 1.807) is 0 Å². The molecule has 0 radical (unpaired) electrons. The van der Waals surface area contributed by atoms with E-state index in [0.29, 0.717) is 6.08 Å². The van der Waals surface area contributed by atoms with E-state index in [-0.39, 0.29) is 12.1 Å². The second-order valence-electron chi connectivity index (χ2n) is 2.30. The van der Waals surface area contributed by atoms with E-state index in [2.05, 4.69) is 5.73 Å². The Kier molecular flexibility index (Phi) is 3.65. The van der Waals surface area contributed by atoms with Gasteiger partial charge in [-0.3, -0.25) is 4.79 Å². The second-order valence-corrected chi connectivity index (χ2v) is 2.30. The Bertz CT molecular complexity index is 255. The molecule has 0 aliphatic rings. The number of alkyl halides is 3. The molecule has 6 heteroatoms. The maximum Gasteiger partial charge on any atom is 0.421 e. The molecule has 0 rings (SSSR count). The highest BCUT2D eigenvalue weighted by atomic mass is 19.4. The first-order valence-electron chi connectivity index (χ1n) is 3.45. The summed E-state index contributed by atoms with van der Waals surface area (Å²) in [6.07, 6.45) is -4.22. The summed E-state index contributed by atoms with van der Waals surface area (Å²) in [5.41, 5.74) is 2.73. The number of hydrogen-bond donors (Lipinski definition) is 2. The number of nitrogens with two attached hydrogens (primary N) is 1. The highest BCUT2D eigenvalue weighted by Crippen LogP contribution is 2.25. The van der Waals surface area contributed by atoms with Gasteiger partial charge in [0.1, 0.15) is 5.57 Å². The summed E-state index contributed by atoms with van der Waals surface area (Å²) < 4.78 is 36.0. The third-order valence-electron chi connectivity index (χ3n) is 1.27. The van der Waals surface area contributed by atoms with Crippen LogP contribution in [-0.4, -0.2) is 17.8 Å². The van der Waals surface area contributed by atoms with Gasteiger partial charge in [0.05, 0.1) is 0 Å². The van der Waals surface area contributed by atoms with Crippen molar-refractivity contribution in [3.05, 3.63) is 11.6 Å². The number of rotatable bonds is 3. The lowest BCUT2D eigenvalue weighted by Crippen LogP contribution is -2.26. The van der Waals surface area contributed by atoms with Crippen molar-refractivity contribution in [2.75, 3.05) is 0 Å². The van der Waals surface area contributed by atoms with Crippen LogP contribution < -0.4 is 5.73 Å². The van der Waals surface area contributed by atoms with Crippen molar-refractivity contribution in [2.24, 2.45) is 5.73 Å². The van der Waals surface area contributed by atoms with Crippen LogP contribution in [0, 0.1) is 5.41 Å². The largest absolute Gasteiger partial charge is 0.421 e. The molecule has 0 aliphatic heterocycles. The molecule has 0 aromatic heterocycles. The van der Waals surface area contributed by atoms with Gasteiger partial charge in [-0.05, 0) is 12.5 Å². The Hall–Kier alpha value is -1.33. The molecule has 0 bridgehead atoms. The molecule has 3 N–H and O–H groups in total. The predicted molar refractivity (Wildman–Crippen MR) is 41.4 cm³/mol. The zero-order chi connectivity index (χ0) is 10.6. The van der Waals surface area contributed by atoms with Crippen LogP contribution in [0.3, 0.4) is 0 Å². The Labute approximate surface area is 72.9 Å². The van der Waals surface area contributed by atoms with Crippen molar-refractivity contribution in [1.29, 1.82) is 5.41 Å². The molecule has 0 aromatic rings. The predicted octanol–water partition coefficient (Wildman–Crippen LogP) is 1.39.